The van der Waals surface area contributed by atoms with Gasteiger partial charge in [-0.05, 0) is 32.3 Å². The van der Waals surface area contributed by atoms with Crippen LogP contribution in [-0.4, -0.2) is 20.3 Å². The van der Waals surface area contributed by atoms with Crippen molar-refractivity contribution in [2.75, 3.05) is 14.2 Å². The number of hydrogen-bond acceptors (Lipinski definition) is 3. The van der Waals surface area contributed by atoms with Gasteiger partial charge in [-0.2, -0.15) is 0 Å². The molecule has 0 radical (unpaired) electrons. The average molecular weight is 248 g/mol. The zero-order chi connectivity index (χ0) is 13.3. The SMILES string of the molecule is C=C[C@H]1CCc2c(OC)c(C)c(C)c(OC)c2O1. The molecule has 0 saturated heterocycles. The first kappa shape index (κ1) is 12.8. The normalized spacial score (nSPS) is 17.7. The monoisotopic (exact) mass is 248 g/mol. The third kappa shape index (κ3) is 1.84. The van der Waals surface area contributed by atoms with E-state index in [0.29, 0.717) is 0 Å². The van der Waals surface area contributed by atoms with Crippen LogP contribution in [0.15, 0.2) is 12.7 Å². The second-order valence-corrected chi connectivity index (χ2v) is 4.55. The number of fused-ring (bicyclic) bond motifs is 1. The van der Waals surface area contributed by atoms with Crippen molar-refractivity contribution in [3.8, 4) is 17.2 Å². The van der Waals surface area contributed by atoms with Crippen LogP contribution in [0.3, 0.4) is 0 Å². The maximum Gasteiger partial charge on any atom is 0.169 e. The molecule has 0 fully saturated rings. The third-order valence-electron chi connectivity index (χ3n) is 3.62. The Morgan fingerprint density at radius 3 is 2.33 bits per heavy atom. The van der Waals surface area contributed by atoms with Crippen molar-refractivity contribution < 1.29 is 14.2 Å². The second-order valence-electron chi connectivity index (χ2n) is 4.55. The molecular formula is C15H20O3. The summed E-state index contributed by atoms with van der Waals surface area (Å²) in [5.41, 5.74) is 3.29. The molecule has 98 valence electrons. The van der Waals surface area contributed by atoms with Gasteiger partial charge in [0.2, 0.25) is 0 Å². The van der Waals surface area contributed by atoms with Gasteiger partial charge in [0.1, 0.15) is 11.9 Å². The summed E-state index contributed by atoms with van der Waals surface area (Å²) in [6, 6.07) is 0. The van der Waals surface area contributed by atoms with Gasteiger partial charge in [0.25, 0.3) is 0 Å². The molecule has 3 nitrogen and oxygen atoms in total. The Balaban J connectivity index is 2.64. The van der Waals surface area contributed by atoms with Crippen molar-refractivity contribution in [1.82, 2.24) is 0 Å². The molecule has 0 aromatic heterocycles. The van der Waals surface area contributed by atoms with Crippen LogP contribution in [0.1, 0.15) is 23.1 Å². The van der Waals surface area contributed by atoms with E-state index < -0.39 is 0 Å². The summed E-state index contributed by atoms with van der Waals surface area (Å²) in [5, 5.41) is 0. The Morgan fingerprint density at radius 2 is 1.78 bits per heavy atom. The van der Waals surface area contributed by atoms with Gasteiger partial charge in [0.15, 0.2) is 11.5 Å². The van der Waals surface area contributed by atoms with E-state index in [0.717, 1.165) is 46.8 Å². The van der Waals surface area contributed by atoms with Gasteiger partial charge in [-0.1, -0.05) is 12.7 Å². The van der Waals surface area contributed by atoms with Gasteiger partial charge in [0.05, 0.1) is 14.2 Å². The van der Waals surface area contributed by atoms with Gasteiger partial charge in [0, 0.05) is 11.1 Å². The van der Waals surface area contributed by atoms with Crippen molar-refractivity contribution in [3.05, 3.63) is 29.3 Å². The van der Waals surface area contributed by atoms with Crippen LogP contribution >= 0.6 is 0 Å². The lowest BCUT2D eigenvalue weighted by Gasteiger charge is -2.29. The maximum absolute atomic E-state index is 5.96. The number of methoxy groups -OCH3 is 2. The van der Waals surface area contributed by atoms with Crippen LogP contribution in [0.25, 0.3) is 0 Å². The molecule has 0 amide bonds. The summed E-state index contributed by atoms with van der Waals surface area (Å²) < 4.78 is 17.0. The lowest BCUT2D eigenvalue weighted by atomic mass is 9.95. The molecule has 1 atom stereocenters. The third-order valence-corrected chi connectivity index (χ3v) is 3.62. The number of ether oxygens (including phenoxy) is 3. The highest BCUT2D eigenvalue weighted by atomic mass is 16.5. The molecule has 2 rings (SSSR count). The van der Waals surface area contributed by atoms with E-state index in [2.05, 4.69) is 13.5 Å². The summed E-state index contributed by atoms with van der Waals surface area (Å²) in [4.78, 5) is 0. The van der Waals surface area contributed by atoms with E-state index in [-0.39, 0.29) is 6.10 Å². The first-order valence-electron chi connectivity index (χ1n) is 6.17. The summed E-state index contributed by atoms with van der Waals surface area (Å²) in [6.45, 7) is 7.88. The Labute approximate surface area is 108 Å². The van der Waals surface area contributed by atoms with Crippen LogP contribution < -0.4 is 14.2 Å². The van der Waals surface area contributed by atoms with Crippen LogP contribution in [-0.2, 0) is 6.42 Å². The Kier molecular flexibility index (Phi) is 3.50. The number of benzene rings is 1. The van der Waals surface area contributed by atoms with E-state index in [1.165, 1.54) is 0 Å². The van der Waals surface area contributed by atoms with Crippen LogP contribution in [0, 0.1) is 13.8 Å². The van der Waals surface area contributed by atoms with Gasteiger partial charge in [-0.3, -0.25) is 0 Å². The van der Waals surface area contributed by atoms with Gasteiger partial charge in [-0.15, -0.1) is 0 Å². The standard InChI is InChI=1S/C15H20O3/c1-6-11-7-8-12-13(16-4)9(2)10(3)14(17-5)15(12)18-11/h6,11H,1,7-8H2,2-5H3/t11-/m0/s1. The first-order valence-corrected chi connectivity index (χ1v) is 6.17. The van der Waals surface area contributed by atoms with Crippen LogP contribution in [0.4, 0.5) is 0 Å². The number of rotatable bonds is 3. The largest absolute Gasteiger partial charge is 0.496 e. The zero-order valence-electron chi connectivity index (χ0n) is 11.5. The highest BCUT2D eigenvalue weighted by Crippen LogP contribution is 2.46. The quantitative estimate of drug-likeness (QED) is 0.769. The van der Waals surface area contributed by atoms with E-state index in [9.17, 15) is 0 Å². The molecule has 1 aliphatic heterocycles. The van der Waals surface area contributed by atoms with E-state index in [1.807, 2.05) is 13.0 Å². The van der Waals surface area contributed by atoms with Crippen molar-refractivity contribution in [2.45, 2.75) is 32.8 Å². The predicted molar refractivity (Wildman–Crippen MR) is 72.0 cm³/mol. The summed E-state index contributed by atoms with van der Waals surface area (Å²) in [7, 11) is 3.38. The fourth-order valence-corrected chi connectivity index (χ4v) is 2.51. The van der Waals surface area contributed by atoms with Crippen molar-refractivity contribution in [3.63, 3.8) is 0 Å². The molecule has 1 aromatic carbocycles. The van der Waals surface area contributed by atoms with E-state index in [4.69, 9.17) is 14.2 Å². The molecule has 0 saturated carbocycles. The van der Waals surface area contributed by atoms with Crippen molar-refractivity contribution in [2.24, 2.45) is 0 Å². The Morgan fingerprint density at radius 1 is 1.17 bits per heavy atom. The summed E-state index contributed by atoms with van der Waals surface area (Å²) in [6.07, 6.45) is 3.74. The fraction of sp³-hybridized carbons (Fsp3) is 0.467. The zero-order valence-corrected chi connectivity index (χ0v) is 11.5. The molecule has 18 heavy (non-hydrogen) atoms. The van der Waals surface area contributed by atoms with Crippen LogP contribution in [0.5, 0.6) is 17.2 Å². The smallest absolute Gasteiger partial charge is 0.169 e. The fourth-order valence-electron chi connectivity index (χ4n) is 2.51. The van der Waals surface area contributed by atoms with E-state index in [1.54, 1.807) is 14.2 Å². The molecule has 1 aromatic rings. The van der Waals surface area contributed by atoms with Gasteiger partial charge in [-0.25, -0.2) is 0 Å². The molecule has 0 bridgehead atoms. The van der Waals surface area contributed by atoms with Gasteiger partial charge < -0.3 is 14.2 Å². The second kappa shape index (κ2) is 4.92. The number of hydrogen-bond donors (Lipinski definition) is 0. The minimum Gasteiger partial charge on any atom is -0.496 e. The molecule has 0 unspecified atom stereocenters. The lowest BCUT2D eigenvalue weighted by Crippen LogP contribution is -2.21. The molecule has 1 heterocycles. The van der Waals surface area contributed by atoms with Crippen LogP contribution in [0.2, 0.25) is 0 Å². The highest BCUT2D eigenvalue weighted by molar-refractivity contribution is 5.63. The lowest BCUT2D eigenvalue weighted by molar-refractivity contribution is 0.204. The maximum atomic E-state index is 5.96. The van der Waals surface area contributed by atoms with Crippen molar-refractivity contribution in [1.29, 1.82) is 0 Å². The summed E-state index contributed by atoms with van der Waals surface area (Å²) >= 11 is 0. The molecule has 1 aliphatic rings. The molecule has 3 heteroatoms. The summed E-state index contributed by atoms with van der Waals surface area (Å²) in [5.74, 6) is 2.55. The van der Waals surface area contributed by atoms with Gasteiger partial charge >= 0.3 is 0 Å². The molecule has 0 aliphatic carbocycles. The first-order chi connectivity index (χ1) is 8.63. The van der Waals surface area contributed by atoms with E-state index >= 15 is 0 Å². The average Bonchev–Trinajstić information content (AvgIpc) is 2.40. The Bertz CT molecular complexity index is 477. The molecule has 0 spiro atoms. The van der Waals surface area contributed by atoms with Crippen molar-refractivity contribution >= 4 is 0 Å². The minimum atomic E-state index is 0.0539. The Hall–Kier alpha value is -1.64. The molecule has 0 N–H and O–H groups in total. The topological polar surface area (TPSA) is 27.7 Å². The molecular weight excluding hydrogens is 228 g/mol. The minimum absolute atomic E-state index is 0.0539. The predicted octanol–water partition coefficient (Wildman–Crippen LogP) is 3.20. The highest BCUT2D eigenvalue weighted by Gasteiger charge is 2.28.